The summed E-state index contributed by atoms with van der Waals surface area (Å²) in [5.74, 6) is -0.485. The van der Waals surface area contributed by atoms with Crippen molar-refractivity contribution in [2.45, 2.75) is 18.6 Å². The van der Waals surface area contributed by atoms with Crippen LogP contribution in [0.1, 0.15) is 18.0 Å². The highest BCUT2D eigenvalue weighted by molar-refractivity contribution is 5.86. The number of aliphatic hydroxyl groups excluding tert-OH is 1. The van der Waals surface area contributed by atoms with Gasteiger partial charge in [0.2, 0.25) is 0 Å². The van der Waals surface area contributed by atoms with Gasteiger partial charge in [-0.2, -0.15) is 5.10 Å². The number of hydrogen-bond acceptors (Lipinski definition) is 5. The third-order valence-corrected chi connectivity index (χ3v) is 4.10. The molecule has 1 aromatic carbocycles. The number of anilines is 1. The van der Waals surface area contributed by atoms with Crippen LogP contribution in [-0.4, -0.2) is 37.9 Å². The zero-order chi connectivity index (χ0) is 16.0. The Labute approximate surface area is 129 Å². The first-order valence-corrected chi connectivity index (χ1v) is 7.17. The fraction of sp³-hybridized carbons (Fsp3) is 0.267. The van der Waals surface area contributed by atoms with Crippen LogP contribution >= 0.6 is 0 Å². The molecule has 4 rings (SSSR count). The first kappa shape index (κ1) is 14.0. The lowest BCUT2D eigenvalue weighted by Crippen LogP contribution is -2.26. The molecule has 8 heteroatoms. The first-order valence-electron chi connectivity index (χ1n) is 7.17. The Morgan fingerprint density at radius 2 is 2.13 bits per heavy atom. The Hall–Kier alpha value is -2.61. The molecule has 2 unspecified atom stereocenters. The van der Waals surface area contributed by atoms with Gasteiger partial charge in [0.05, 0.1) is 23.7 Å². The maximum atomic E-state index is 14.2. The summed E-state index contributed by atoms with van der Waals surface area (Å²) in [6, 6.07) is 2.83. The van der Waals surface area contributed by atoms with E-state index in [0.717, 1.165) is 12.1 Å². The van der Waals surface area contributed by atoms with Gasteiger partial charge in [0.15, 0.2) is 5.65 Å². The van der Waals surface area contributed by atoms with Crippen LogP contribution in [-0.2, 0) is 0 Å². The molecule has 2 aromatic heterocycles. The number of H-pyrrole nitrogens is 1. The minimum Gasteiger partial charge on any atom is -0.391 e. The Bertz CT molecular complexity index is 868. The van der Waals surface area contributed by atoms with E-state index in [1.165, 1.54) is 12.4 Å². The zero-order valence-electron chi connectivity index (χ0n) is 11.9. The van der Waals surface area contributed by atoms with Gasteiger partial charge in [0.25, 0.3) is 0 Å². The van der Waals surface area contributed by atoms with E-state index in [9.17, 15) is 13.9 Å². The van der Waals surface area contributed by atoms with Crippen LogP contribution in [0, 0.1) is 11.6 Å². The molecule has 0 aliphatic carbocycles. The molecule has 2 N–H and O–H groups in total. The van der Waals surface area contributed by atoms with Gasteiger partial charge in [-0.1, -0.05) is 0 Å². The monoisotopic (exact) mass is 317 g/mol. The van der Waals surface area contributed by atoms with E-state index in [0.29, 0.717) is 23.3 Å². The molecule has 23 heavy (non-hydrogen) atoms. The van der Waals surface area contributed by atoms with Crippen LogP contribution in [0.25, 0.3) is 11.0 Å². The third kappa shape index (κ3) is 2.31. The average Bonchev–Trinajstić information content (AvgIpc) is 3.15. The van der Waals surface area contributed by atoms with Crippen molar-refractivity contribution in [3.8, 4) is 0 Å². The van der Waals surface area contributed by atoms with Gasteiger partial charge in [-0.15, -0.1) is 0 Å². The number of fused-ring (bicyclic) bond motifs is 1. The Morgan fingerprint density at radius 3 is 3.00 bits per heavy atom. The highest BCUT2D eigenvalue weighted by atomic mass is 19.1. The van der Waals surface area contributed by atoms with Crippen molar-refractivity contribution >= 4 is 16.9 Å². The van der Waals surface area contributed by atoms with E-state index in [1.54, 1.807) is 11.1 Å². The van der Waals surface area contributed by atoms with E-state index >= 15 is 0 Å². The maximum absolute atomic E-state index is 14.2. The number of rotatable bonds is 2. The number of halogens is 2. The highest BCUT2D eigenvalue weighted by Gasteiger charge is 2.35. The van der Waals surface area contributed by atoms with Crippen molar-refractivity contribution < 1.29 is 13.9 Å². The molecule has 0 radical (unpaired) electrons. The van der Waals surface area contributed by atoms with Crippen molar-refractivity contribution in [3.63, 3.8) is 0 Å². The largest absolute Gasteiger partial charge is 0.391 e. The summed E-state index contributed by atoms with van der Waals surface area (Å²) in [6.45, 7) is 0.276. The smallest absolute Gasteiger partial charge is 0.160 e. The molecule has 1 fully saturated rings. The predicted molar refractivity (Wildman–Crippen MR) is 78.8 cm³/mol. The molecule has 3 heterocycles. The maximum Gasteiger partial charge on any atom is 0.160 e. The molecule has 6 nitrogen and oxygen atoms in total. The summed E-state index contributed by atoms with van der Waals surface area (Å²) < 4.78 is 27.7. The van der Waals surface area contributed by atoms with Gasteiger partial charge in [-0.3, -0.25) is 5.10 Å². The molecule has 3 aromatic rings. The normalized spacial score (nSPS) is 21.3. The van der Waals surface area contributed by atoms with Crippen LogP contribution in [0.3, 0.4) is 0 Å². The molecule has 0 bridgehead atoms. The summed E-state index contributed by atoms with van der Waals surface area (Å²) in [5.41, 5.74) is 0.756. The molecular formula is C15H13F2N5O. The SMILES string of the molecule is OC1CC(c2cc(F)ccc2F)N(c2ncnc3[nH]ncc23)C1. The molecule has 0 saturated carbocycles. The van der Waals surface area contributed by atoms with Gasteiger partial charge in [0.1, 0.15) is 23.8 Å². The molecular weight excluding hydrogens is 304 g/mol. The number of β-amino-alcohol motifs (C(OH)–C–C–N with tert-alkyl or cyclic N) is 1. The molecule has 118 valence electrons. The van der Waals surface area contributed by atoms with E-state index in [4.69, 9.17) is 0 Å². The fourth-order valence-electron chi connectivity index (χ4n) is 3.09. The molecule has 1 aliphatic heterocycles. The Morgan fingerprint density at radius 1 is 1.26 bits per heavy atom. The van der Waals surface area contributed by atoms with E-state index in [-0.39, 0.29) is 12.1 Å². The average molecular weight is 317 g/mol. The zero-order valence-corrected chi connectivity index (χ0v) is 11.9. The van der Waals surface area contributed by atoms with Crippen molar-refractivity contribution in [2.75, 3.05) is 11.4 Å². The number of nitrogens with zero attached hydrogens (tertiary/aromatic N) is 4. The Balaban J connectivity index is 1.83. The third-order valence-electron chi connectivity index (χ3n) is 4.10. The quantitative estimate of drug-likeness (QED) is 0.755. The van der Waals surface area contributed by atoms with Gasteiger partial charge < -0.3 is 10.0 Å². The second kappa shape index (κ2) is 5.24. The number of hydrogen-bond donors (Lipinski definition) is 2. The van der Waals surface area contributed by atoms with Crippen molar-refractivity contribution in [1.82, 2.24) is 20.2 Å². The summed E-state index contributed by atoms with van der Waals surface area (Å²) in [7, 11) is 0. The second-order valence-electron chi connectivity index (χ2n) is 5.55. The molecule has 1 saturated heterocycles. The highest BCUT2D eigenvalue weighted by Crippen LogP contribution is 2.38. The lowest BCUT2D eigenvalue weighted by atomic mass is 10.0. The molecule has 0 amide bonds. The van der Waals surface area contributed by atoms with E-state index in [2.05, 4.69) is 20.2 Å². The summed E-state index contributed by atoms with van der Waals surface area (Å²) in [5, 5.41) is 17.4. The van der Waals surface area contributed by atoms with Crippen molar-refractivity contribution in [1.29, 1.82) is 0 Å². The van der Waals surface area contributed by atoms with Crippen LogP contribution in [0.15, 0.2) is 30.7 Å². The number of nitrogens with one attached hydrogen (secondary N) is 1. The number of aromatic amines is 1. The minimum absolute atomic E-state index is 0.205. The fourth-order valence-corrected chi connectivity index (χ4v) is 3.09. The van der Waals surface area contributed by atoms with E-state index < -0.39 is 23.8 Å². The lowest BCUT2D eigenvalue weighted by molar-refractivity contribution is 0.194. The lowest BCUT2D eigenvalue weighted by Gasteiger charge is -2.26. The summed E-state index contributed by atoms with van der Waals surface area (Å²) >= 11 is 0. The van der Waals surface area contributed by atoms with Gasteiger partial charge in [-0.05, 0) is 24.6 Å². The summed E-state index contributed by atoms with van der Waals surface area (Å²) in [6.07, 6.45) is 2.59. The van der Waals surface area contributed by atoms with Crippen molar-refractivity contribution in [3.05, 3.63) is 47.9 Å². The Kier molecular flexibility index (Phi) is 3.19. The minimum atomic E-state index is -0.653. The predicted octanol–water partition coefficient (Wildman–Crippen LogP) is 1.94. The van der Waals surface area contributed by atoms with Crippen molar-refractivity contribution in [2.24, 2.45) is 0 Å². The van der Waals surface area contributed by atoms with Gasteiger partial charge in [0, 0.05) is 12.1 Å². The standard InChI is InChI=1S/C15H13F2N5O/c16-8-1-2-12(17)10(3-8)13-4-9(23)6-22(13)15-11-5-20-21-14(11)18-7-19-15/h1-3,5,7,9,13,23H,4,6H2,(H,18,19,20,21). The molecule has 2 atom stereocenters. The second-order valence-corrected chi connectivity index (χ2v) is 5.55. The molecule has 1 aliphatic rings. The van der Waals surface area contributed by atoms with Crippen LogP contribution < -0.4 is 4.90 Å². The van der Waals surface area contributed by atoms with Crippen LogP contribution in [0.4, 0.5) is 14.6 Å². The first-order chi connectivity index (χ1) is 11.1. The number of benzene rings is 1. The van der Waals surface area contributed by atoms with Crippen LogP contribution in [0.5, 0.6) is 0 Å². The topological polar surface area (TPSA) is 77.9 Å². The van der Waals surface area contributed by atoms with Gasteiger partial charge in [-0.25, -0.2) is 18.7 Å². The van der Waals surface area contributed by atoms with Gasteiger partial charge >= 0.3 is 0 Å². The summed E-state index contributed by atoms with van der Waals surface area (Å²) in [4.78, 5) is 10.1. The number of aromatic nitrogens is 4. The van der Waals surface area contributed by atoms with Crippen LogP contribution in [0.2, 0.25) is 0 Å². The number of aliphatic hydroxyl groups is 1. The van der Waals surface area contributed by atoms with E-state index in [1.807, 2.05) is 0 Å². The molecule has 0 spiro atoms.